The maximum absolute atomic E-state index is 12.2. The van der Waals surface area contributed by atoms with E-state index < -0.39 is 0 Å². The Bertz CT molecular complexity index is 318. The Morgan fingerprint density at radius 1 is 1.30 bits per heavy atom. The number of hydrogen-bond acceptors (Lipinski definition) is 3. The zero-order chi connectivity index (χ0) is 15.0. The van der Waals surface area contributed by atoms with E-state index in [-0.39, 0.29) is 23.8 Å². The highest BCUT2D eigenvalue weighted by Crippen LogP contribution is 2.22. The lowest BCUT2D eigenvalue weighted by Crippen LogP contribution is -2.52. The summed E-state index contributed by atoms with van der Waals surface area (Å²) in [5.74, 6) is 0.328. The normalized spacial score (nSPS) is 21.4. The summed E-state index contributed by atoms with van der Waals surface area (Å²) in [7, 11) is 0. The second-order valence-corrected chi connectivity index (χ2v) is 5.97. The first-order valence-electron chi connectivity index (χ1n) is 8.09. The number of rotatable bonds is 8. The van der Waals surface area contributed by atoms with Crippen molar-refractivity contribution < 1.29 is 9.59 Å². The number of Topliss-reactive ketones (excluding diaryl/α,β-unsaturated/α-hetero) is 1. The second-order valence-electron chi connectivity index (χ2n) is 5.97. The van der Waals surface area contributed by atoms with Gasteiger partial charge >= 0.3 is 0 Å². The van der Waals surface area contributed by atoms with Crippen LogP contribution in [0.25, 0.3) is 0 Å². The van der Waals surface area contributed by atoms with Gasteiger partial charge in [-0.1, -0.05) is 26.2 Å². The third-order valence-electron chi connectivity index (χ3n) is 4.15. The van der Waals surface area contributed by atoms with Crippen LogP contribution in [-0.2, 0) is 9.59 Å². The summed E-state index contributed by atoms with van der Waals surface area (Å²) in [5, 5.41) is 3.02. The first-order valence-corrected chi connectivity index (χ1v) is 8.09. The SMILES string of the molecule is CCCCCNC(=O)C(C)N1CCCCC1CC(C)=O. The van der Waals surface area contributed by atoms with Gasteiger partial charge in [0, 0.05) is 19.0 Å². The molecule has 0 aromatic heterocycles. The maximum atomic E-state index is 12.2. The van der Waals surface area contributed by atoms with Gasteiger partial charge in [-0.05, 0) is 39.7 Å². The quantitative estimate of drug-likeness (QED) is 0.696. The van der Waals surface area contributed by atoms with E-state index in [1.165, 1.54) is 6.42 Å². The van der Waals surface area contributed by atoms with Gasteiger partial charge in [0.1, 0.15) is 5.78 Å². The molecule has 1 saturated heterocycles. The molecule has 1 aliphatic heterocycles. The van der Waals surface area contributed by atoms with Crippen LogP contribution in [0.3, 0.4) is 0 Å². The van der Waals surface area contributed by atoms with Crippen LogP contribution in [0.4, 0.5) is 0 Å². The summed E-state index contributed by atoms with van der Waals surface area (Å²) >= 11 is 0. The van der Waals surface area contributed by atoms with Crippen molar-refractivity contribution in [1.29, 1.82) is 0 Å². The van der Waals surface area contributed by atoms with Gasteiger partial charge in [-0.15, -0.1) is 0 Å². The van der Waals surface area contributed by atoms with E-state index >= 15 is 0 Å². The number of ketones is 1. The molecular formula is C16H30N2O2. The predicted molar refractivity (Wildman–Crippen MR) is 81.6 cm³/mol. The summed E-state index contributed by atoms with van der Waals surface area (Å²) in [6, 6.07) is 0.124. The number of hydrogen-bond donors (Lipinski definition) is 1. The van der Waals surface area contributed by atoms with Crippen molar-refractivity contribution in [1.82, 2.24) is 10.2 Å². The molecule has 116 valence electrons. The Labute approximate surface area is 123 Å². The Hall–Kier alpha value is -0.900. The van der Waals surface area contributed by atoms with Crippen LogP contribution in [0.1, 0.15) is 65.7 Å². The number of carbonyl (C=O) groups excluding carboxylic acids is 2. The molecule has 1 heterocycles. The summed E-state index contributed by atoms with van der Waals surface area (Å²) in [6.45, 7) is 7.46. The van der Waals surface area contributed by atoms with Crippen LogP contribution >= 0.6 is 0 Å². The summed E-state index contributed by atoms with van der Waals surface area (Å²) < 4.78 is 0. The van der Waals surface area contributed by atoms with Gasteiger partial charge in [0.2, 0.25) is 5.91 Å². The van der Waals surface area contributed by atoms with E-state index in [4.69, 9.17) is 0 Å². The number of carbonyl (C=O) groups is 2. The zero-order valence-electron chi connectivity index (χ0n) is 13.3. The molecule has 0 aliphatic carbocycles. The van der Waals surface area contributed by atoms with Crippen LogP contribution < -0.4 is 5.32 Å². The fraction of sp³-hybridized carbons (Fsp3) is 0.875. The maximum Gasteiger partial charge on any atom is 0.237 e. The molecule has 2 unspecified atom stereocenters. The molecule has 1 rings (SSSR count). The lowest BCUT2D eigenvalue weighted by Gasteiger charge is -2.38. The van der Waals surface area contributed by atoms with Gasteiger partial charge in [0.15, 0.2) is 0 Å². The molecule has 0 radical (unpaired) electrons. The van der Waals surface area contributed by atoms with E-state index in [1.807, 2.05) is 6.92 Å². The first-order chi connectivity index (χ1) is 9.56. The van der Waals surface area contributed by atoms with Crippen LogP contribution in [0, 0.1) is 0 Å². The minimum atomic E-state index is -0.124. The molecule has 1 aliphatic rings. The number of amides is 1. The number of nitrogens with zero attached hydrogens (tertiary/aromatic N) is 1. The van der Waals surface area contributed by atoms with Crippen molar-refractivity contribution in [3.05, 3.63) is 0 Å². The Kier molecular flexibility index (Phi) is 7.82. The van der Waals surface area contributed by atoms with Gasteiger partial charge < -0.3 is 5.32 Å². The summed E-state index contributed by atoms with van der Waals surface area (Å²) in [5.41, 5.74) is 0. The second kappa shape index (κ2) is 9.11. The van der Waals surface area contributed by atoms with E-state index in [0.29, 0.717) is 6.42 Å². The van der Waals surface area contributed by atoms with E-state index in [9.17, 15) is 9.59 Å². The zero-order valence-corrected chi connectivity index (χ0v) is 13.3. The summed E-state index contributed by atoms with van der Waals surface area (Å²) in [4.78, 5) is 25.8. The van der Waals surface area contributed by atoms with Crippen LogP contribution in [-0.4, -0.2) is 41.8 Å². The third-order valence-corrected chi connectivity index (χ3v) is 4.15. The average Bonchev–Trinajstić information content (AvgIpc) is 2.42. The lowest BCUT2D eigenvalue weighted by atomic mass is 9.96. The van der Waals surface area contributed by atoms with E-state index in [1.54, 1.807) is 6.92 Å². The highest BCUT2D eigenvalue weighted by Gasteiger charge is 2.30. The minimum Gasteiger partial charge on any atom is -0.355 e. The van der Waals surface area contributed by atoms with Crippen molar-refractivity contribution in [2.45, 2.75) is 77.8 Å². The first kappa shape index (κ1) is 17.2. The van der Waals surface area contributed by atoms with Gasteiger partial charge in [-0.25, -0.2) is 0 Å². The smallest absolute Gasteiger partial charge is 0.237 e. The van der Waals surface area contributed by atoms with E-state index in [2.05, 4.69) is 17.1 Å². The Morgan fingerprint density at radius 2 is 2.05 bits per heavy atom. The van der Waals surface area contributed by atoms with Crippen molar-refractivity contribution >= 4 is 11.7 Å². The van der Waals surface area contributed by atoms with E-state index in [0.717, 1.165) is 45.2 Å². The molecule has 4 nitrogen and oxygen atoms in total. The minimum absolute atomic E-state index is 0.108. The number of unbranched alkanes of at least 4 members (excludes halogenated alkanes) is 2. The molecule has 1 amide bonds. The molecule has 0 saturated carbocycles. The molecule has 1 N–H and O–H groups in total. The van der Waals surface area contributed by atoms with Crippen LogP contribution in [0.5, 0.6) is 0 Å². The molecule has 0 aromatic carbocycles. The summed E-state index contributed by atoms with van der Waals surface area (Å²) in [6.07, 6.45) is 7.27. The highest BCUT2D eigenvalue weighted by molar-refractivity contribution is 5.81. The average molecular weight is 282 g/mol. The van der Waals surface area contributed by atoms with Gasteiger partial charge in [-0.2, -0.15) is 0 Å². The van der Waals surface area contributed by atoms with Crippen molar-refractivity contribution in [3.8, 4) is 0 Å². The third kappa shape index (κ3) is 5.61. The molecule has 4 heteroatoms. The highest BCUT2D eigenvalue weighted by atomic mass is 16.2. The molecule has 1 fully saturated rings. The number of nitrogens with one attached hydrogen (secondary N) is 1. The topological polar surface area (TPSA) is 49.4 Å². The lowest BCUT2D eigenvalue weighted by molar-refractivity contribution is -0.129. The van der Waals surface area contributed by atoms with Crippen molar-refractivity contribution in [2.24, 2.45) is 0 Å². The Morgan fingerprint density at radius 3 is 2.70 bits per heavy atom. The molecular weight excluding hydrogens is 252 g/mol. The largest absolute Gasteiger partial charge is 0.355 e. The number of likely N-dealkylation sites (tertiary alicyclic amines) is 1. The monoisotopic (exact) mass is 282 g/mol. The fourth-order valence-corrected chi connectivity index (χ4v) is 2.97. The molecule has 0 aromatic rings. The van der Waals surface area contributed by atoms with Gasteiger partial charge in [-0.3, -0.25) is 14.5 Å². The molecule has 20 heavy (non-hydrogen) atoms. The molecule has 0 spiro atoms. The van der Waals surface area contributed by atoms with Crippen molar-refractivity contribution in [3.63, 3.8) is 0 Å². The van der Waals surface area contributed by atoms with Gasteiger partial charge in [0.25, 0.3) is 0 Å². The van der Waals surface area contributed by atoms with Crippen LogP contribution in [0.15, 0.2) is 0 Å². The fourth-order valence-electron chi connectivity index (χ4n) is 2.97. The Balaban J connectivity index is 2.46. The molecule has 0 bridgehead atoms. The standard InChI is InChI=1S/C16H30N2O2/c1-4-5-7-10-17-16(20)14(3)18-11-8-6-9-15(18)12-13(2)19/h14-15H,4-12H2,1-3H3,(H,17,20). The predicted octanol–water partition coefficient (Wildman–Crippen LogP) is 2.51. The van der Waals surface area contributed by atoms with Crippen molar-refractivity contribution in [2.75, 3.05) is 13.1 Å². The molecule has 2 atom stereocenters. The van der Waals surface area contributed by atoms with Crippen LogP contribution in [0.2, 0.25) is 0 Å². The van der Waals surface area contributed by atoms with Gasteiger partial charge in [0.05, 0.1) is 6.04 Å². The number of piperidine rings is 1.